The van der Waals surface area contributed by atoms with Gasteiger partial charge < -0.3 is 34.8 Å². The summed E-state index contributed by atoms with van der Waals surface area (Å²) >= 11 is 6.10. The van der Waals surface area contributed by atoms with E-state index in [1.54, 1.807) is 4.90 Å². The van der Waals surface area contributed by atoms with Crippen LogP contribution in [0.25, 0.3) is 0 Å². The average molecular weight is 426 g/mol. The van der Waals surface area contributed by atoms with Crippen molar-refractivity contribution in [2.24, 2.45) is 0 Å². The van der Waals surface area contributed by atoms with Crippen molar-refractivity contribution >= 4 is 17.3 Å². The monoisotopic (exact) mass is 424 g/mol. The summed E-state index contributed by atoms with van der Waals surface area (Å²) in [7, 11) is 0. The Morgan fingerprint density at radius 1 is 1.00 bits per heavy atom. The van der Waals surface area contributed by atoms with Crippen LogP contribution in [-0.4, -0.2) is 43.9 Å². The Morgan fingerprint density at radius 3 is 2.31 bits per heavy atom. The number of hydrogen-bond acceptors (Lipinski definition) is 1. The van der Waals surface area contributed by atoms with Gasteiger partial charge in [0.05, 0.1) is 0 Å². The predicted octanol–water partition coefficient (Wildman–Crippen LogP) is -4.13. The van der Waals surface area contributed by atoms with Gasteiger partial charge in [-0.05, 0) is 18.6 Å². The lowest BCUT2D eigenvalue weighted by atomic mass is 10.1. The number of aliphatic hydroxyl groups is 1. The summed E-state index contributed by atoms with van der Waals surface area (Å²) in [4.78, 5) is 3.07. The summed E-state index contributed by atoms with van der Waals surface area (Å²) in [5.74, 6) is 0. The molecule has 1 aromatic carbocycles. The average Bonchev–Trinajstić information content (AvgIpc) is 2.59. The molecule has 152 valence electrons. The van der Waals surface area contributed by atoms with Crippen LogP contribution in [0.15, 0.2) is 24.3 Å². The van der Waals surface area contributed by atoms with Gasteiger partial charge in [0.15, 0.2) is 0 Å². The van der Waals surface area contributed by atoms with Crippen molar-refractivity contribution in [3.63, 3.8) is 0 Å². The standard InChI is InChI=1S/C20H33ClN2O.2ClH/c1-2-3-4-5-6-7-11-20(24)17-22-12-14-23(15-13-22)19-10-8-9-18(21)16-19;;/h8-10,16,20,24H,2-7,11-15,17H2,1H3;2*1H. The molecule has 3 nitrogen and oxygen atoms in total. The molecular weight excluding hydrogens is 391 g/mol. The number of halogens is 3. The van der Waals surface area contributed by atoms with E-state index in [0.717, 1.165) is 44.2 Å². The highest BCUT2D eigenvalue weighted by Gasteiger charge is 2.26. The van der Waals surface area contributed by atoms with Gasteiger partial charge in [0.2, 0.25) is 0 Å². The van der Waals surface area contributed by atoms with E-state index in [2.05, 4.69) is 19.1 Å². The van der Waals surface area contributed by atoms with Gasteiger partial charge in [-0.3, -0.25) is 4.90 Å². The first-order valence-corrected chi connectivity index (χ1v) is 10.2. The van der Waals surface area contributed by atoms with Crippen molar-refractivity contribution in [1.29, 1.82) is 0 Å². The quantitative estimate of drug-likeness (QED) is 0.327. The lowest BCUT2D eigenvalue weighted by Crippen LogP contribution is -3.26. The van der Waals surface area contributed by atoms with E-state index in [1.807, 2.05) is 12.1 Å². The molecule has 1 saturated heterocycles. The second-order valence-electron chi connectivity index (χ2n) is 7.28. The molecule has 0 spiro atoms. The largest absolute Gasteiger partial charge is 1.00 e. The second-order valence-corrected chi connectivity index (χ2v) is 7.71. The van der Waals surface area contributed by atoms with Gasteiger partial charge in [-0.15, -0.1) is 0 Å². The zero-order chi connectivity index (χ0) is 17.2. The molecular formula is C20H35Cl3N2O. The zero-order valence-electron chi connectivity index (χ0n) is 16.0. The van der Waals surface area contributed by atoms with Crippen LogP contribution in [0.5, 0.6) is 0 Å². The van der Waals surface area contributed by atoms with Crippen LogP contribution in [-0.2, 0) is 0 Å². The lowest BCUT2D eigenvalue weighted by Gasteiger charge is -2.30. The van der Waals surface area contributed by atoms with Crippen LogP contribution in [0, 0.1) is 0 Å². The van der Waals surface area contributed by atoms with Crippen LogP contribution in [0.3, 0.4) is 0 Å². The molecule has 0 aromatic heterocycles. The number of quaternary nitrogens is 2. The molecule has 0 amide bonds. The lowest BCUT2D eigenvalue weighted by molar-refractivity contribution is -0.988. The van der Waals surface area contributed by atoms with Crippen molar-refractivity contribution < 1.29 is 39.7 Å². The van der Waals surface area contributed by atoms with Crippen LogP contribution in [0.2, 0.25) is 5.02 Å². The highest BCUT2D eigenvalue weighted by molar-refractivity contribution is 6.30. The molecule has 1 aliphatic heterocycles. The molecule has 6 heteroatoms. The molecule has 1 atom stereocenters. The Balaban J connectivity index is 0.00000312. The molecule has 0 radical (unpaired) electrons. The molecule has 0 aliphatic carbocycles. The van der Waals surface area contributed by atoms with Crippen molar-refractivity contribution in [1.82, 2.24) is 0 Å². The summed E-state index contributed by atoms with van der Waals surface area (Å²) in [6.45, 7) is 7.68. The SMILES string of the molecule is CCCCCCCCC(O)C[NH+]1CC[NH+](c2cccc(Cl)c2)CC1.[Cl-].[Cl-]. The molecule has 26 heavy (non-hydrogen) atoms. The zero-order valence-corrected chi connectivity index (χ0v) is 18.2. The number of unbranched alkanes of at least 4 members (excludes halogenated alkanes) is 5. The van der Waals surface area contributed by atoms with E-state index >= 15 is 0 Å². The number of rotatable bonds is 10. The predicted molar refractivity (Wildman–Crippen MR) is 101 cm³/mol. The highest BCUT2D eigenvalue weighted by Crippen LogP contribution is 2.11. The van der Waals surface area contributed by atoms with Gasteiger partial charge in [-0.2, -0.15) is 0 Å². The summed E-state index contributed by atoms with van der Waals surface area (Å²) in [5, 5.41) is 11.1. The number of hydrogen-bond donors (Lipinski definition) is 3. The molecule has 0 bridgehead atoms. The number of nitrogens with one attached hydrogen (secondary N) is 2. The fourth-order valence-electron chi connectivity index (χ4n) is 3.70. The number of piperazine rings is 1. The van der Waals surface area contributed by atoms with Crippen molar-refractivity contribution in [3.05, 3.63) is 29.3 Å². The highest BCUT2D eigenvalue weighted by atomic mass is 35.5. The van der Waals surface area contributed by atoms with E-state index in [4.69, 9.17) is 11.6 Å². The minimum Gasteiger partial charge on any atom is -1.00 e. The van der Waals surface area contributed by atoms with Crippen LogP contribution < -0.4 is 34.6 Å². The normalized spacial score (nSPS) is 20.7. The molecule has 1 aromatic rings. The van der Waals surface area contributed by atoms with Crippen LogP contribution in [0.4, 0.5) is 5.69 Å². The maximum absolute atomic E-state index is 10.3. The fourth-order valence-corrected chi connectivity index (χ4v) is 3.89. The van der Waals surface area contributed by atoms with Gasteiger partial charge in [-0.25, -0.2) is 0 Å². The molecule has 0 saturated carbocycles. The summed E-state index contributed by atoms with van der Waals surface area (Å²) < 4.78 is 0. The van der Waals surface area contributed by atoms with E-state index in [1.165, 1.54) is 49.1 Å². The first-order chi connectivity index (χ1) is 11.7. The first-order valence-electron chi connectivity index (χ1n) is 9.81. The molecule has 1 fully saturated rings. The maximum Gasteiger partial charge on any atom is 0.133 e. The van der Waals surface area contributed by atoms with Gasteiger partial charge in [-0.1, -0.05) is 63.1 Å². The van der Waals surface area contributed by atoms with Gasteiger partial charge >= 0.3 is 0 Å². The summed E-state index contributed by atoms with van der Waals surface area (Å²) in [6.07, 6.45) is 8.64. The van der Waals surface area contributed by atoms with Gasteiger partial charge in [0, 0.05) is 11.1 Å². The minimum atomic E-state index is -0.126. The third-order valence-corrected chi connectivity index (χ3v) is 5.44. The smallest absolute Gasteiger partial charge is 0.133 e. The molecule has 1 heterocycles. The maximum atomic E-state index is 10.3. The molecule has 2 rings (SSSR count). The van der Waals surface area contributed by atoms with E-state index in [0.29, 0.717) is 0 Å². The molecule has 3 N–H and O–H groups in total. The third kappa shape index (κ3) is 9.77. The first kappa shape index (κ1) is 26.0. The second kappa shape index (κ2) is 15.0. The minimum absolute atomic E-state index is 0. The Hall–Kier alpha value is -0.0300. The Kier molecular flexibility index (Phi) is 14.9. The van der Waals surface area contributed by atoms with E-state index < -0.39 is 0 Å². The molecule has 1 aliphatic rings. The van der Waals surface area contributed by atoms with Gasteiger partial charge in [0.25, 0.3) is 0 Å². The topological polar surface area (TPSA) is 29.1 Å². The van der Waals surface area contributed by atoms with E-state index in [9.17, 15) is 5.11 Å². The summed E-state index contributed by atoms with van der Waals surface area (Å²) in [5.41, 5.74) is 1.30. The van der Waals surface area contributed by atoms with Crippen molar-refractivity contribution in [2.75, 3.05) is 32.7 Å². The Labute approximate surface area is 176 Å². The van der Waals surface area contributed by atoms with Crippen LogP contribution in [0.1, 0.15) is 51.9 Å². The fraction of sp³-hybridized carbons (Fsp3) is 0.700. The number of benzene rings is 1. The summed E-state index contributed by atoms with van der Waals surface area (Å²) in [6, 6.07) is 8.22. The van der Waals surface area contributed by atoms with E-state index in [-0.39, 0.29) is 30.9 Å². The Bertz CT molecular complexity index is 468. The van der Waals surface area contributed by atoms with Gasteiger partial charge in [0.1, 0.15) is 44.5 Å². The molecule has 1 unspecified atom stereocenters. The Morgan fingerprint density at radius 2 is 1.65 bits per heavy atom. The van der Waals surface area contributed by atoms with Crippen LogP contribution >= 0.6 is 11.6 Å². The van der Waals surface area contributed by atoms with Crippen molar-refractivity contribution in [2.45, 2.75) is 58.0 Å². The third-order valence-electron chi connectivity index (χ3n) is 5.21. The van der Waals surface area contributed by atoms with Crippen molar-refractivity contribution in [3.8, 4) is 0 Å². The number of aliphatic hydroxyl groups excluding tert-OH is 1.